The van der Waals surface area contributed by atoms with Crippen molar-refractivity contribution in [3.8, 4) is 11.5 Å². The Labute approximate surface area is 210 Å². The van der Waals surface area contributed by atoms with Crippen LogP contribution in [0, 0.1) is 0 Å². The van der Waals surface area contributed by atoms with Crippen LogP contribution in [-0.2, 0) is 16.1 Å². The summed E-state index contributed by atoms with van der Waals surface area (Å²) in [5.41, 5.74) is 7.48. The summed E-state index contributed by atoms with van der Waals surface area (Å²) in [6.45, 7) is 1.44. The lowest BCUT2D eigenvalue weighted by atomic mass is 10.2. The topological polar surface area (TPSA) is 87.9 Å². The molecule has 7 nitrogen and oxygen atoms in total. The van der Waals surface area contributed by atoms with Crippen LogP contribution in [0.4, 0.5) is 5.69 Å². The van der Waals surface area contributed by atoms with Crippen molar-refractivity contribution < 1.29 is 14.3 Å². The van der Waals surface area contributed by atoms with Crippen LogP contribution >= 0.6 is 11.6 Å². The maximum Gasteiger partial charge on any atom is 0.242 e. The smallest absolute Gasteiger partial charge is 0.242 e. The third-order valence-electron chi connectivity index (χ3n) is 5.85. The summed E-state index contributed by atoms with van der Waals surface area (Å²) >= 11 is 6.22. The fourth-order valence-electron chi connectivity index (χ4n) is 3.99. The fourth-order valence-corrected chi connectivity index (χ4v) is 4.19. The zero-order chi connectivity index (χ0) is 24.6. The molecule has 3 N–H and O–H groups in total. The quantitative estimate of drug-likeness (QED) is 0.474. The molecule has 1 saturated heterocycles. The lowest BCUT2D eigenvalue weighted by Crippen LogP contribution is -2.44. The van der Waals surface area contributed by atoms with E-state index in [2.05, 4.69) is 5.32 Å². The van der Waals surface area contributed by atoms with E-state index in [-0.39, 0.29) is 30.9 Å². The maximum absolute atomic E-state index is 13.1. The second kappa shape index (κ2) is 11.7. The van der Waals surface area contributed by atoms with Crippen LogP contribution in [0.3, 0.4) is 0 Å². The van der Waals surface area contributed by atoms with Gasteiger partial charge in [-0.25, -0.2) is 0 Å². The van der Waals surface area contributed by atoms with E-state index in [1.54, 1.807) is 15.9 Å². The molecule has 0 saturated carbocycles. The molecule has 0 spiro atoms. The third kappa shape index (κ3) is 6.74. The highest BCUT2D eigenvalue weighted by Crippen LogP contribution is 2.32. The van der Waals surface area contributed by atoms with Crippen molar-refractivity contribution in [3.05, 3.63) is 89.4 Å². The SMILES string of the molecule is NC1CCN(C(=O)CN(CC(=O)NCc2ccccc2Cl)c2ccccc2Oc2ccccc2)C1. The summed E-state index contributed by atoms with van der Waals surface area (Å²) in [6, 6.07) is 24.1. The van der Waals surface area contributed by atoms with Gasteiger partial charge in [-0.05, 0) is 42.3 Å². The molecular formula is C27H29ClN4O3. The summed E-state index contributed by atoms with van der Waals surface area (Å²) in [7, 11) is 0. The molecule has 2 amide bonds. The Hall–Kier alpha value is -3.55. The van der Waals surface area contributed by atoms with Crippen molar-refractivity contribution in [3.63, 3.8) is 0 Å². The molecular weight excluding hydrogens is 464 g/mol. The molecule has 0 aliphatic carbocycles. The monoisotopic (exact) mass is 492 g/mol. The highest BCUT2D eigenvalue weighted by Gasteiger charge is 2.27. The number of hydrogen-bond donors (Lipinski definition) is 2. The molecule has 0 radical (unpaired) electrons. The first-order chi connectivity index (χ1) is 17.0. The lowest BCUT2D eigenvalue weighted by molar-refractivity contribution is -0.128. The van der Waals surface area contributed by atoms with Gasteiger partial charge in [-0.3, -0.25) is 9.59 Å². The van der Waals surface area contributed by atoms with Crippen molar-refractivity contribution >= 4 is 29.1 Å². The summed E-state index contributed by atoms with van der Waals surface area (Å²) in [6.07, 6.45) is 0.776. The van der Waals surface area contributed by atoms with Crippen molar-refractivity contribution in [1.29, 1.82) is 0 Å². The number of benzene rings is 3. The van der Waals surface area contributed by atoms with E-state index >= 15 is 0 Å². The van der Waals surface area contributed by atoms with Crippen molar-refractivity contribution in [1.82, 2.24) is 10.2 Å². The number of nitrogens with zero attached hydrogens (tertiary/aromatic N) is 2. The second-order valence-corrected chi connectivity index (χ2v) is 8.90. The van der Waals surface area contributed by atoms with Gasteiger partial charge < -0.3 is 25.6 Å². The number of nitrogens with two attached hydrogens (primary N) is 1. The Kier molecular flexibility index (Phi) is 8.23. The van der Waals surface area contributed by atoms with Crippen LogP contribution in [0.2, 0.25) is 5.02 Å². The van der Waals surface area contributed by atoms with E-state index < -0.39 is 0 Å². The second-order valence-electron chi connectivity index (χ2n) is 8.50. The molecule has 0 aromatic heterocycles. The van der Waals surface area contributed by atoms with Gasteiger partial charge in [0.05, 0.1) is 18.8 Å². The van der Waals surface area contributed by atoms with Crippen LogP contribution < -0.4 is 20.7 Å². The minimum atomic E-state index is -0.231. The number of halogens is 1. The summed E-state index contributed by atoms with van der Waals surface area (Å²) in [5, 5.41) is 3.50. The van der Waals surface area contributed by atoms with Gasteiger partial charge >= 0.3 is 0 Å². The molecule has 3 aromatic rings. The summed E-state index contributed by atoms with van der Waals surface area (Å²) in [5.74, 6) is 0.917. The van der Waals surface area contributed by atoms with Gasteiger partial charge in [0.1, 0.15) is 5.75 Å². The number of para-hydroxylation sites is 3. The van der Waals surface area contributed by atoms with Gasteiger partial charge in [-0.2, -0.15) is 0 Å². The first kappa shape index (κ1) is 24.6. The van der Waals surface area contributed by atoms with E-state index in [0.29, 0.717) is 41.8 Å². The first-order valence-corrected chi connectivity index (χ1v) is 12.0. The molecule has 1 aliphatic heterocycles. The van der Waals surface area contributed by atoms with Crippen LogP contribution in [0.25, 0.3) is 0 Å². The molecule has 4 rings (SSSR count). The average Bonchev–Trinajstić information content (AvgIpc) is 3.30. The Balaban J connectivity index is 1.53. The number of rotatable bonds is 9. The number of likely N-dealkylation sites (tertiary alicyclic amines) is 1. The average molecular weight is 493 g/mol. The number of ether oxygens (including phenoxy) is 1. The van der Waals surface area contributed by atoms with Crippen LogP contribution in [0.15, 0.2) is 78.9 Å². The molecule has 1 aliphatic rings. The minimum absolute atomic E-state index is 0.0139. The van der Waals surface area contributed by atoms with E-state index in [0.717, 1.165) is 12.0 Å². The third-order valence-corrected chi connectivity index (χ3v) is 6.22. The first-order valence-electron chi connectivity index (χ1n) is 11.6. The number of hydrogen-bond acceptors (Lipinski definition) is 5. The van der Waals surface area contributed by atoms with Gasteiger partial charge in [0.15, 0.2) is 5.75 Å². The minimum Gasteiger partial charge on any atom is -0.455 e. The van der Waals surface area contributed by atoms with Crippen molar-refractivity contribution in [2.24, 2.45) is 5.73 Å². The van der Waals surface area contributed by atoms with Gasteiger partial charge in [0.2, 0.25) is 11.8 Å². The largest absolute Gasteiger partial charge is 0.455 e. The molecule has 8 heteroatoms. The van der Waals surface area contributed by atoms with E-state index in [1.165, 1.54) is 0 Å². The molecule has 3 aromatic carbocycles. The van der Waals surface area contributed by atoms with E-state index in [4.69, 9.17) is 22.1 Å². The normalized spacial score (nSPS) is 15.0. The molecule has 0 bridgehead atoms. The maximum atomic E-state index is 13.1. The van der Waals surface area contributed by atoms with Crippen LogP contribution in [0.5, 0.6) is 11.5 Å². The number of carbonyl (C=O) groups is 2. The summed E-state index contributed by atoms with van der Waals surface area (Å²) < 4.78 is 6.11. The predicted octanol–water partition coefficient (Wildman–Crippen LogP) is 3.81. The zero-order valence-electron chi connectivity index (χ0n) is 19.4. The fraction of sp³-hybridized carbons (Fsp3) is 0.259. The van der Waals surface area contributed by atoms with Gasteiger partial charge in [-0.15, -0.1) is 0 Å². The number of carbonyl (C=O) groups excluding carboxylic acids is 2. The Morgan fingerprint density at radius 2 is 1.71 bits per heavy atom. The molecule has 1 unspecified atom stereocenters. The van der Waals surface area contributed by atoms with Crippen molar-refractivity contribution in [2.45, 2.75) is 19.0 Å². The van der Waals surface area contributed by atoms with Crippen LogP contribution in [-0.4, -0.2) is 48.9 Å². The highest BCUT2D eigenvalue weighted by atomic mass is 35.5. The molecule has 1 atom stereocenters. The van der Waals surface area contributed by atoms with Crippen LogP contribution in [0.1, 0.15) is 12.0 Å². The van der Waals surface area contributed by atoms with E-state index in [1.807, 2.05) is 72.8 Å². The highest BCUT2D eigenvalue weighted by molar-refractivity contribution is 6.31. The Morgan fingerprint density at radius 1 is 1.00 bits per heavy atom. The number of anilines is 1. The number of amides is 2. The lowest BCUT2D eigenvalue weighted by Gasteiger charge is -2.28. The predicted molar refractivity (Wildman–Crippen MR) is 138 cm³/mol. The molecule has 1 fully saturated rings. The standard InChI is InChI=1S/C27H29ClN4O3/c28-23-11-5-4-8-20(23)16-30-26(33)18-32(19-27(34)31-15-14-21(29)17-31)24-12-6-7-13-25(24)35-22-9-2-1-3-10-22/h1-13,21H,14-19,29H2,(H,30,33). The van der Waals surface area contributed by atoms with E-state index in [9.17, 15) is 9.59 Å². The molecule has 1 heterocycles. The molecule has 35 heavy (non-hydrogen) atoms. The van der Waals surface area contributed by atoms with Gasteiger partial charge in [-0.1, -0.05) is 60.1 Å². The van der Waals surface area contributed by atoms with Gasteiger partial charge in [0, 0.05) is 30.7 Å². The van der Waals surface area contributed by atoms with Crippen molar-refractivity contribution in [2.75, 3.05) is 31.1 Å². The number of nitrogens with one attached hydrogen (secondary N) is 1. The Bertz CT molecular complexity index is 1160. The summed E-state index contributed by atoms with van der Waals surface area (Å²) in [4.78, 5) is 29.5. The zero-order valence-corrected chi connectivity index (χ0v) is 20.2. The Morgan fingerprint density at radius 3 is 2.46 bits per heavy atom. The molecule has 182 valence electrons. The van der Waals surface area contributed by atoms with Gasteiger partial charge in [0.25, 0.3) is 0 Å².